The zero-order valence-electron chi connectivity index (χ0n) is 7.13. The number of hydrogen-bond donors (Lipinski definition) is 1. The molecule has 0 bridgehead atoms. The van der Waals surface area contributed by atoms with E-state index in [2.05, 4.69) is 4.90 Å². The monoisotopic (exact) mass is 154 g/mol. The fourth-order valence-corrected chi connectivity index (χ4v) is 2.42. The molecule has 0 unspecified atom stereocenters. The second-order valence-electron chi connectivity index (χ2n) is 3.97. The van der Waals surface area contributed by atoms with Gasteiger partial charge >= 0.3 is 0 Å². The molecule has 2 heteroatoms. The third kappa shape index (κ3) is 1.57. The number of fused-ring (bicyclic) bond motifs is 1. The molecule has 0 aromatic heterocycles. The molecule has 2 aliphatic rings. The highest BCUT2D eigenvalue weighted by Gasteiger charge is 2.27. The lowest BCUT2D eigenvalue weighted by molar-refractivity contribution is 0.0986. The molecule has 2 fully saturated rings. The molecule has 11 heavy (non-hydrogen) atoms. The summed E-state index contributed by atoms with van der Waals surface area (Å²) in [5, 5.41) is 0. The van der Waals surface area contributed by atoms with E-state index in [4.69, 9.17) is 5.73 Å². The Balaban J connectivity index is 1.93. The van der Waals surface area contributed by atoms with Gasteiger partial charge in [0.1, 0.15) is 0 Å². The first kappa shape index (κ1) is 7.56. The highest BCUT2D eigenvalue weighted by Crippen LogP contribution is 2.24. The van der Waals surface area contributed by atoms with Crippen molar-refractivity contribution in [3.8, 4) is 0 Å². The zero-order chi connectivity index (χ0) is 7.68. The van der Waals surface area contributed by atoms with Crippen LogP contribution in [0.3, 0.4) is 0 Å². The highest BCUT2D eigenvalue weighted by molar-refractivity contribution is 4.85. The van der Waals surface area contributed by atoms with Gasteiger partial charge in [-0.3, -0.25) is 0 Å². The SMILES string of the molecule is N[C@@H]1CCN2CCCC[C@H]2C1. The molecule has 0 amide bonds. The fraction of sp³-hybridized carbons (Fsp3) is 1.00. The minimum Gasteiger partial charge on any atom is -0.328 e. The molecule has 0 aliphatic carbocycles. The van der Waals surface area contributed by atoms with Crippen LogP contribution in [0.2, 0.25) is 0 Å². The van der Waals surface area contributed by atoms with Crippen molar-refractivity contribution in [3.63, 3.8) is 0 Å². The smallest absolute Gasteiger partial charge is 0.0110 e. The zero-order valence-corrected chi connectivity index (χ0v) is 7.13. The molecule has 2 atom stereocenters. The molecule has 0 radical (unpaired) electrons. The van der Waals surface area contributed by atoms with E-state index < -0.39 is 0 Å². The van der Waals surface area contributed by atoms with Crippen LogP contribution in [0.4, 0.5) is 0 Å². The Morgan fingerprint density at radius 1 is 1.09 bits per heavy atom. The minimum absolute atomic E-state index is 0.495. The average molecular weight is 154 g/mol. The van der Waals surface area contributed by atoms with Gasteiger partial charge in [0.25, 0.3) is 0 Å². The number of piperidine rings is 2. The lowest BCUT2D eigenvalue weighted by atomic mass is 9.91. The van der Waals surface area contributed by atoms with Crippen LogP contribution in [-0.2, 0) is 0 Å². The summed E-state index contributed by atoms with van der Waals surface area (Å²) in [5.41, 5.74) is 5.92. The Hall–Kier alpha value is -0.0800. The predicted molar refractivity (Wildman–Crippen MR) is 46.4 cm³/mol. The minimum atomic E-state index is 0.495. The summed E-state index contributed by atoms with van der Waals surface area (Å²) in [6.07, 6.45) is 6.70. The van der Waals surface area contributed by atoms with Crippen LogP contribution >= 0.6 is 0 Å². The molecule has 2 aliphatic heterocycles. The molecular weight excluding hydrogens is 136 g/mol. The van der Waals surface area contributed by atoms with Crippen LogP contribution in [0.5, 0.6) is 0 Å². The molecule has 64 valence electrons. The molecule has 0 saturated carbocycles. The Bertz CT molecular complexity index is 136. The molecule has 0 aromatic carbocycles. The molecule has 0 spiro atoms. The summed E-state index contributed by atoms with van der Waals surface area (Å²) in [7, 11) is 0. The van der Waals surface area contributed by atoms with Crippen LogP contribution in [0.25, 0.3) is 0 Å². The topological polar surface area (TPSA) is 29.3 Å². The third-order valence-corrected chi connectivity index (χ3v) is 3.11. The van der Waals surface area contributed by atoms with Crippen LogP contribution in [0, 0.1) is 0 Å². The second-order valence-corrected chi connectivity index (χ2v) is 3.97. The number of hydrogen-bond acceptors (Lipinski definition) is 2. The van der Waals surface area contributed by atoms with Gasteiger partial charge in [-0.05, 0) is 38.8 Å². The van der Waals surface area contributed by atoms with E-state index in [1.54, 1.807) is 0 Å². The first-order valence-electron chi connectivity index (χ1n) is 4.86. The maximum absolute atomic E-state index is 5.92. The molecule has 2 heterocycles. The molecule has 2 rings (SSSR count). The molecule has 0 aromatic rings. The predicted octanol–water partition coefficient (Wildman–Crippen LogP) is 0.962. The Morgan fingerprint density at radius 2 is 2.00 bits per heavy atom. The van der Waals surface area contributed by atoms with Crippen molar-refractivity contribution < 1.29 is 0 Å². The van der Waals surface area contributed by atoms with Crippen molar-refractivity contribution in [2.24, 2.45) is 5.73 Å². The maximum Gasteiger partial charge on any atom is 0.0110 e. The highest BCUT2D eigenvalue weighted by atomic mass is 15.2. The van der Waals surface area contributed by atoms with E-state index in [0.717, 1.165) is 6.04 Å². The first-order chi connectivity index (χ1) is 5.36. The van der Waals surface area contributed by atoms with Gasteiger partial charge in [0.15, 0.2) is 0 Å². The molecule has 2 N–H and O–H groups in total. The normalized spacial score (nSPS) is 40.1. The van der Waals surface area contributed by atoms with Gasteiger partial charge in [0, 0.05) is 12.1 Å². The number of nitrogens with zero attached hydrogens (tertiary/aromatic N) is 1. The van der Waals surface area contributed by atoms with Gasteiger partial charge in [-0.2, -0.15) is 0 Å². The van der Waals surface area contributed by atoms with Crippen molar-refractivity contribution in [1.82, 2.24) is 4.90 Å². The second kappa shape index (κ2) is 3.11. The first-order valence-corrected chi connectivity index (χ1v) is 4.86. The summed E-state index contributed by atoms with van der Waals surface area (Å²) in [6.45, 7) is 2.59. The summed E-state index contributed by atoms with van der Waals surface area (Å²) < 4.78 is 0. The summed E-state index contributed by atoms with van der Waals surface area (Å²) in [4.78, 5) is 2.63. The van der Waals surface area contributed by atoms with Crippen molar-refractivity contribution in [3.05, 3.63) is 0 Å². The van der Waals surface area contributed by atoms with E-state index in [1.807, 2.05) is 0 Å². The molecule has 2 saturated heterocycles. The van der Waals surface area contributed by atoms with Gasteiger partial charge in [0.2, 0.25) is 0 Å². The quantitative estimate of drug-likeness (QED) is 0.563. The fourth-order valence-electron chi connectivity index (χ4n) is 2.42. The van der Waals surface area contributed by atoms with E-state index in [1.165, 1.54) is 45.2 Å². The maximum atomic E-state index is 5.92. The molecule has 2 nitrogen and oxygen atoms in total. The van der Waals surface area contributed by atoms with Crippen molar-refractivity contribution >= 4 is 0 Å². The lowest BCUT2D eigenvalue weighted by Gasteiger charge is -2.41. The molecular formula is C9H18N2. The van der Waals surface area contributed by atoms with Crippen molar-refractivity contribution in [2.75, 3.05) is 13.1 Å². The Morgan fingerprint density at radius 3 is 2.91 bits per heavy atom. The van der Waals surface area contributed by atoms with Crippen LogP contribution < -0.4 is 5.73 Å². The van der Waals surface area contributed by atoms with Crippen LogP contribution in [0.15, 0.2) is 0 Å². The standard InChI is InChI=1S/C9H18N2/c10-8-4-6-11-5-2-1-3-9(11)7-8/h8-9H,1-7,10H2/t8-,9+/m1/s1. The average Bonchev–Trinajstić information content (AvgIpc) is 2.04. The number of rotatable bonds is 0. The van der Waals surface area contributed by atoms with E-state index in [-0.39, 0.29) is 0 Å². The van der Waals surface area contributed by atoms with Gasteiger partial charge in [0.05, 0.1) is 0 Å². The van der Waals surface area contributed by atoms with E-state index in [0.29, 0.717) is 6.04 Å². The van der Waals surface area contributed by atoms with Crippen LogP contribution in [-0.4, -0.2) is 30.1 Å². The van der Waals surface area contributed by atoms with Crippen LogP contribution in [0.1, 0.15) is 32.1 Å². The third-order valence-electron chi connectivity index (χ3n) is 3.11. The Kier molecular flexibility index (Phi) is 2.14. The lowest BCUT2D eigenvalue weighted by Crippen LogP contribution is -2.49. The largest absolute Gasteiger partial charge is 0.328 e. The van der Waals surface area contributed by atoms with E-state index in [9.17, 15) is 0 Å². The van der Waals surface area contributed by atoms with Crippen molar-refractivity contribution in [2.45, 2.75) is 44.2 Å². The van der Waals surface area contributed by atoms with Gasteiger partial charge in [-0.25, -0.2) is 0 Å². The Labute approximate surface area is 68.7 Å². The summed E-state index contributed by atoms with van der Waals surface area (Å²) in [5.74, 6) is 0. The summed E-state index contributed by atoms with van der Waals surface area (Å²) in [6, 6.07) is 1.34. The van der Waals surface area contributed by atoms with Gasteiger partial charge < -0.3 is 10.6 Å². The number of nitrogens with two attached hydrogens (primary N) is 1. The van der Waals surface area contributed by atoms with E-state index >= 15 is 0 Å². The van der Waals surface area contributed by atoms with Gasteiger partial charge in [-0.15, -0.1) is 0 Å². The van der Waals surface area contributed by atoms with Gasteiger partial charge in [-0.1, -0.05) is 6.42 Å². The summed E-state index contributed by atoms with van der Waals surface area (Å²) >= 11 is 0. The van der Waals surface area contributed by atoms with Crippen molar-refractivity contribution in [1.29, 1.82) is 0 Å².